The van der Waals surface area contributed by atoms with Crippen molar-refractivity contribution in [1.82, 2.24) is 0 Å². The van der Waals surface area contributed by atoms with E-state index in [1.807, 2.05) is 0 Å². The molecule has 0 fully saturated rings. The molecule has 0 heterocycles. The van der Waals surface area contributed by atoms with Gasteiger partial charge in [0.05, 0.1) is 0 Å². The Kier molecular flexibility index (Phi) is 4.22. The van der Waals surface area contributed by atoms with Gasteiger partial charge < -0.3 is 0 Å². The molecule has 10 heavy (non-hydrogen) atoms. The summed E-state index contributed by atoms with van der Waals surface area (Å²) in [6, 6.07) is 0. The van der Waals surface area contributed by atoms with Gasteiger partial charge in [-0.1, -0.05) is 0 Å². The van der Waals surface area contributed by atoms with Gasteiger partial charge in [0, 0.05) is 0 Å². The second-order valence-corrected chi connectivity index (χ2v) is 4.33. The van der Waals surface area contributed by atoms with Crippen LogP contribution in [0.25, 0.3) is 0 Å². The first-order valence-corrected chi connectivity index (χ1v) is 5.25. The van der Waals surface area contributed by atoms with E-state index in [1.54, 1.807) is 0 Å². The van der Waals surface area contributed by atoms with Gasteiger partial charge in [0.2, 0.25) is 0 Å². The molecule has 0 amide bonds. The van der Waals surface area contributed by atoms with Crippen LogP contribution >= 0.6 is 0 Å². The summed E-state index contributed by atoms with van der Waals surface area (Å²) in [5.41, 5.74) is 0. The van der Waals surface area contributed by atoms with E-state index in [0.717, 1.165) is 5.41 Å². The Morgan fingerprint density at radius 1 is 1.70 bits per heavy atom. The minimum atomic E-state index is -3.24. The average molecular weight is 201 g/mol. The Balaban J connectivity index is 4.02. The predicted octanol–water partition coefficient (Wildman–Crippen LogP) is -0.129. The van der Waals surface area contributed by atoms with Crippen molar-refractivity contribution in [2.24, 2.45) is 0 Å². The van der Waals surface area contributed by atoms with Crippen molar-refractivity contribution in [2.45, 2.75) is 11.4 Å². The van der Waals surface area contributed by atoms with Gasteiger partial charge in [-0.25, -0.2) is 0 Å². The summed E-state index contributed by atoms with van der Waals surface area (Å²) < 4.78 is 21.4. The molecule has 0 saturated heterocycles. The number of rotatable bonds is 4. The first-order valence-electron chi connectivity index (χ1n) is 2.63. The Morgan fingerprint density at radius 3 is 2.50 bits per heavy atom. The Morgan fingerprint density at radius 2 is 2.20 bits per heavy atom. The van der Waals surface area contributed by atoms with E-state index in [0.29, 0.717) is 5.28 Å². The zero-order chi connectivity index (χ0) is 8.20. The molecule has 0 aromatic heterocycles. The molecule has 59 valence electrons. The third-order valence-electron chi connectivity index (χ3n) is 0.871. The van der Waals surface area contributed by atoms with E-state index in [-0.39, 0.29) is 5.75 Å². The molecule has 0 aromatic carbocycles. The monoisotopic (exact) mass is 201 g/mol. The number of hydrogen-bond donors (Lipinski definition) is 1. The maximum atomic E-state index is 10.7. The molecule has 0 rings (SSSR count). The predicted molar refractivity (Wildman–Crippen MR) is 34.8 cm³/mol. The van der Waals surface area contributed by atoms with E-state index >= 15 is 0 Å². The summed E-state index contributed by atoms with van der Waals surface area (Å²) in [7, 11) is -3.24. The first kappa shape index (κ1) is 10.2. The summed E-state index contributed by atoms with van der Waals surface area (Å²) in [5, 5.41) is 10.0. The number of sulfone groups is 1. The van der Waals surface area contributed by atoms with Crippen molar-refractivity contribution in [3.63, 3.8) is 0 Å². The van der Waals surface area contributed by atoms with Crippen molar-refractivity contribution in [2.75, 3.05) is 5.75 Å². The van der Waals surface area contributed by atoms with Crippen molar-refractivity contribution in [1.29, 1.82) is 0 Å². The molecule has 0 bridgehead atoms. The van der Waals surface area contributed by atoms with Gasteiger partial charge in [0.25, 0.3) is 0 Å². The summed E-state index contributed by atoms with van der Waals surface area (Å²) in [5.74, 6) is -0.247. The van der Waals surface area contributed by atoms with Gasteiger partial charge in [-0.15, -0.1) is 0 Å². The first-order chi connectivity index (χ1) is 4.52. The van der Waals surface area contributed by atoms with Crippen molar-refractivity contribution < 1.29 is 29.8 Å². The molecule has 0 aliphatic heterocycles. The van der Waals surface area contributed by atoms with Crippen molar-refractivity contribution >= 4 is 9.84 Å². The van der Waals surface area contributed by atoms with E-state index in [2.05, 4.69) is 22.9 Å². The van der Waals surface area contributed by atoms with Gasteiger partial charge in [-0.3, -0.25) is 0 Å². The summed E-state index contributed by atoms with van der Waals surface area (Å²) >= 11 is 2.54. The fourth-order valence-corrected chi connectivity index (χ4v) is 1.60. The van der Waals surface area contributed by atoms with Gasteiger partial charge in [0.1, 0.15) is 0 Å². The standard InChI is InChI=1S/C5H9O3S.Cr/c1-3-9(7,8)4-5(2)6;/h3,5-6H,1-2,4H2;. The topological polar surface area (TPSA) is 54.4 Å². The molecular formula is C5H9CrO3S. The Bertz CT molecular complexity index is 197. The molecule has 1 N–H and O–H groups in total. The van der Waals surface area contributed by atoms with Crippen LogP contribution < -0.4 is 0 Å². The average Bonchev–Trinajstić information content (AvgIpc) is 1.87. The van der Waals surface area contributed by atoms with Crippen LogP contribution in [0.3, 0.4) is 0 Å². The second-order valence-electron chi connectivity index (χ2n) is 1.82. The number of aliphatic hydroxyl groups is 1. The number of hydrogen-bond acceptors (Lipinski definition) is 3. The molecule has 1 atom stereocenters. The molecule has 3 nitrogen and oxygen atoms in total. The van der Waals surface area contributed by atoms with Crippen LogP contribution in [0.2, 0.25) is 5.28 Å². The molecule has 0 aliphatic rings. The van der Waals surface area contributed by atoms with Crippen LogP contribution in [0, 0.1) is 0 Å². The van der Waals surface area contributed by atoms with E-state index in [4.69, 9.17) is 5.11 Å². The quantitative estimate of drug-likeness (QED) is 0.689. The molecule has 5 heteroatoms. The van der Waals surface area contributed by atoms with Crippen molar-refractivity contribution in [3.05, 3.63) is 12.0 Å². The van der Waals surface area contributed by atoms with Gasteiger partial charge in [0.15, 0.2) is 0 Å². The Labute approximate surface area is 69.1 Å². The molecule has 0 spiro atoms. The summed E-state index contributed by atoms with van der Waals surface area (Å²) in [6.45, 7) is 3.11. The van der Waals surface area contributed by atoms with Crippen LogP contribution in [-0.2, 0) is 26.1 Å². The van der Waals surface area contributed by atoms with Gasteiger partial charge in [-0.2, -0.15) is 0 Å². The van der Waals surface area contributed by atoms with Crippen molar-refractivity contribution in [3.8, 4) is 0 Å². The van der Waals surface area contributed by atoms with Crippen LogP contribution in [-0.4, -0.2) is 25.4 Å². The summed E-state index contributed by atoms with van der Waals surface area (Å²) in [4.78, 5) is 0. The molecule has 0 saturated carbocycles. The van der Waals surface area contributed by atoms with Gasteiger partial charge >= 0.3 is 68.8 Å². The molecule has 0 aromatic rings. The normalized spacial score (nSPS) is 14.5. The van der Waals surface area contributed by atoms with E-state index in [1.165, 1.54) is 0 Å². The second kappa shape index (κ2) is 4.14. The maximum absolute atomic E-state index is 10.7. The molecule has 0 radical (unpaired) electrons. The third kappa shape index (κ3) is 4.07. The Hall–Kier alpha value is 0.182. The molecule has 0 aliphatic carbocycles. The minimum absolute atomic E-state index is 0.247. The molecular weight excluding hydrogens is 192 g/mol. The number of aliphatic hydroxyl groups excluding tert-OH is 1. The van der Waals surface area contributed by atoms with Crippen LogP contribution in [0.1, 0.15) is 0 Å². The van der Waals surface area contributed by atoms with Gasteiger partial charge in [-0.05, 0) is 0 Å². The van der Waals surface area contributed by atoms with E-state index < -0.39 is 15.9 Å². The molecule has 1 unspecified atom stereocenters. The fraction of sp³-hybridized carbons (Fsp3) is 0.600. The zero-order valence-corrected chi connectivity index (χ0v) is 7.45. The zero-order valence-electron chi connectivity index (χ0n) is 5.36. The fourth-order valence-electron chi connectivity index (χ4n) is 0.384. The third-order valence-corrected chi connectivity index (χ3v) is 2.83. The van der Waals surface area contributed by atoms with Crippen LogP contribution in [0.5, 0.6) is 0 Å². The van der Waals surface area contributed by atoms with Crippen LogP contribution in [0.4, 0.5) is 0 Å². The SMILES string of the molecule is C=CS(=O)(=O)CC(O)[CH2][Cr]. The van der Waals surface area contributed by atoms with E-state index in [9.17, 15) is 8.42 Å². The summed E-state index contributed by atoms with van der Waals surface area (Å²) in [6.07, 6.45) is -0.817. The van der Waals surface area contributed by atoms with Crippen LogP contribution in [0.15, 0.2) is 12.0 Å².